The Morgan fingerprint density at radius 2 is 1.77 bits per heavy atom. The van der Waals surface area contributed by atoms with Crippen LogP contribution in [0.2, 0.25) is 5.02 Å². The van der Waals surface area contributed by atoms with Crippen LogP contribution in [0.4, 0.5) is 0 Å². The van der Waals surface area contributed by atoms with E-state index >= 15 is 0 Å². The second-order valence-electron chi connectivity index (χ2n) is 7.03. The molecule has 0 aromatic heterocycles. The molecule has 1 aliphatic heterocycles. The van der Waals surface area contributed by atoms with E-state index in [1.54, 1.807) is 0 Å². The standard InChI is InChI=1S/C22H26ClNO2/c1-17(18-7-3-2-4-8-18)11-14-24-21(25)22(12-15-26-16-13-22)19-9-5-6-10-20(19)23/h2-10,17H,11-16H2,1H3,(H,24,25). The Morgan fingerprint density at radius 3 is 2.46 bits per heavy atom. The largest absolute Gasteiger partial charge is 0.381 e. The highest BCUT2D eigenvalue weighted by atomic mass is 35.5. The summed E-state index contributed by atoms with van der Waals surface area (Å²) in [5.41, 5.74) is 1.62. The summed E-state index contributed by atoms with van der Waals surface area (Å²) < 4.78 is 5.51. The molecule has 0 saturated carbocycles. The molecule has 4 heteroatoms. The van der Waals surface area contributed by atoms with E-state index in [2.05, 4.69) is 36.5 Å². The molecule has 1 amide bonds. The third-order valence-electron chi connectivity index (χ3n) is 5.40. The van der Waals surface area contributed by atoms with Crippen LogP contribution in [-0.2, 0) is 14.9 Å². The Morgan fingerprint density at radius 1 is 1.12 bits per heavy atom. The first-order chi connectivity index (χ1) is 12.6. The molecule has 0 spiro atoms. The first-order valence-corrected chi connectivity index (χ1v) is 9.67. The van der Waals surface area contributed by atoms with Crippen LogP contribution in [-0.4, -0.2) is 25.7 Å². The monoisotopic (exact) mass is 371 g/mol. The molecule has 3 rings (SSSR count). The number of hydrogen-bond acceptors (Lipinski definition) is 2. The van der Waals surface area contributed by atoms with Crippen LogP contribution in [0.25, 0.3) is 0 Å². The Labute approximate surface area is 160 Å². The van der Waals surface area contributed by atoms with Gasteiger partial charge >= 0.3 is 0 Å². The Bertz CT molecular complexity index is 726. The quantitative estimate of drug-likeness (QED) is 0.799. The average Bonchev–Trinajstić information content (AvgIpc) is 2.69. The maximum Gasteiger partial charge on any atom is 0.230 e. The number of carbonyl (C=O) groups excluding carboxylic acids is 1. The van der Waals surface area contributed by atoms with Crippen molar-refractivity contribution >= 4 is 17.5 Å². The lowest BCUT2D eigenvalue weighted by Crippen LogP contribution is -2.48. The van der Waals surface area contributed by atoms with E-state index in [-0.39, 0.29) is 5.91 Å². The van der Waals surface area contributed by atoms with E-state index in [1.807, 2.05) is 30.3 Å². The number of benzene rings is 2. The zero-order valence-corrected chi connectivity index (χ0v) is 16.0. The first-order valence-electron chi connectivity index (χ1n) is 9.29. The predicted molar refractivity (Wildman–Crippen MR) is 106 cm³/mol. The van der Waals surface area contributed by atoms with Crippen LogP contribution in [0.15, 0.2) is 54.6 Å². The summed E-state index contributed by atoms with van der Waals surface area (Å²) in [4.78, 5) is 13.2. The summed E-state index contributed by atoms with van der Waals surface area (Å²) in [7, 11) is 0. The van der Waals surface area contributed by atoms with Gasteiger partial charge in [-0.2, -0.15) is 0 Å². The minimum Gasteiger partial charge on any atom is -0.381 e. The lowest BCUT2D eigenvalue weighted by atomic mass is 9.73. The Hall–Kier alpha value is -1.84. The molecule has 2 aromatic rings. The first kappa shape index (κ1) is 18.9. The van der Waals surface area contributed by atoms with Crippen molar-refractivity contribution in [3.8, 4) is 0 Å². The van der Waals surface area contributed by atoms with Gasteiger partial charge in [0.05, 0.1) is 5.41 Å². The van der Waals surface area contributed by atoms with Crippen molar-refractivity contribution in [2.45, 2.75) is 37.5 Å². The molecule has 1 aliphatic rings. The maximum atomic E-state index is 13.2. The summed E-state index contributed by atoms with van der Waals surface area (Å²) in [5, 5.41) is 3.82. The van der Waals surface area contributed by atoms with Gasteiger partial charge in [0.2, 0.25) is 5.91 Å². The second-order valence-corrected chi connectivity index (χ2v) is 7.44. The minimum absolute atomic E-state index is 0.0640. The van der Waals surface area contributed by atoms with Crippen LogP contribution in [0.3, 0.4) is 0 Å². The molecule has 0 aliphatic carbocycles. The predicted octanol–water partition coefficient (Wildman–Crippen LogP) is 4.70. The zero-order valence-electron chi connectivity index (χ0n) is 15.2. The number of halogens is 1. The second kappa shape index (κ2) is 8.70. The summed E-state index contributed by atoms with van der Waals surface area (Å²) in [6.07, 6.45) is 2.23. The third-order valence-corrected chi connectivity index (χ3v) is 5.73. The van der Waals surface area contributed by atoms with Crippen molar-refractivity contribution < 1.29 is 9.53 Å². The van der Waals surface area contributed by atoms with Gasteiger partial charge in [-0.3, -0.25) is 4.79 Å². The van der Waals surface area contributed by atoms with Crippen LogP contribution >= 0.6 is 11.6 Å². The normalized spacial score (nSPS) is 17.5. The SMILES string of the molecule is CC(CCNC(=O)C1(c2ccccc2Cl)CCOCC1)c1ccccc1. The summed E-state index contributed by atoms with van der Waals surface area (Å²) in [6, 6.07) is 18.1. The highest BCUT2D eigenvalue weighted by Crippen LogP contribution is 2.38. The fraction of sp³-hybridized carbons (Fsp3) is 0.409. The number of hydrogen-bond donors (Lipinski definition) is 1. The number of carbonyl (C=O) groups is 1. The van der Waals surface area contributed by atoms with Gasteiger partial charge in [0.1, 0.15) is 0 Å². The highest BCUT2D eigenvalue weighted by molar-refractivity contribution is 6.31. The van der Waals surface area contributed by atoms with Crippen molar-refractivity contribution in [3.05, 3.63) is 70.7 Å². The van der Waals surface area contributed by atoms with Crippen molar-refractivity contribution in [3.63, 3.8) is 0 Å². The van der Waals surface area contributed by atoms with Gasteiger partial charge in [-0.05, 0) is 42.4 Å². The Balaban J connectivity index is 1.68. The molecule has 1 fully saturated rings. The van der Waals surface area contributed by atoms with Gasteiger partial charge in [-0.1, -0.05) is 67.1 Å². The third kappa shape index (κ3) is 4.11. The molecule has 2 aromatic carbocycles. The number of amides is 1. The number of ether oxygens (including phenoxy) is 1. The van der Waals surface area contributed by atoms with E-state index in [0.717, 1.165) is 12.0 Å². The van der Waals surface area contributed by atoms with Crippen molar-refractivity contribution in [2.24, 2.45) is 0 Å². The maximum absolute atomic E-state index is 13.2. The topological polar surface area (TPSA) is 38.3 Å². The van der Waals surface area contributed by atoms with E-state index in [0.29, 0.717) is 43.5 Å². The molecule has 138 valence electrons. The van der Waals surface area contributed by atoms with Crippen molar-refractivity contribution in [2.75, 3.05) is 19.8 Å². The van der Waals surface area contributed by atoms with Crippen LogP contribution in [0.1, 0.15) is 43.2 Å². The molecule has 26 heavy (non-hydrogen) atoms. The fourth-order valence-electron chi connectivity index (χ4n) is 3.71. The molecule has 1 N–H and O–H groups in total. The van der Waals surface area contributed by atoms with Gasteiger partial charge < -0.3 is 10.1 Å². The lowest BCUT2D eigenvalue weighted by Gasteiger charge is -2.37. The molecular weight excluding hydrogens is 346 g/mol. The van der Waals surface area contributed by atoms with Gasteiger partial charge in [-0.15, -0.1) is 0 Å². The lowest BCUT2D eigenvalue weighted by molar-refractivity contribution is -0.130. The van der Waals surface area contributed by atoms with Gasteiger partial charge in [0.15, 0.2) is 0 Å². The molecule has 0 bridgehead atoms. The molecule has 3 nitrogen and oxygen atoms in total. The molecule has 1 unspecified atom stereocenters. The molecule has 1 saturated heterocycles. The van der Waals surface area contributed by atoms with Gasteiger partial charge in [0, 0.05) is 24.8 Å². The van der Waals surface area contributed by atoms with E-state index in [1.165, 1.54) is 5.56 Å². The Kier molecular flexibility index (Phi) is 6.33. The smallest absolute Gasteiger partial charge is 0.230 e. The van der Waals surface area contributed by atoms with Gasteiger partial charge in [-0.25, -0.2) is 0 Å². The fourth-order valence-corrected chi connectivity index (χ4v) is 4.02. The summed E-state index contributed by atoms with van der Waals surface area (Å²) >= 11 is 6.43. The molecular formula is C22H26ClNO2. The van der Waals surface area contributed by atoms with Crippen LogP contribution in [0, 0.1) is 0 Å². The number of rotatable bonds is 6. The summed E-state index contributed by atoms with van der Waals surface area (Å²) in [5.74, 6) is 0.469. The molecule has 1 atom stereocenters. The van der Waals surface area contributed by atoms with Gasteiger partial charge in [0.25, 0.3) is 0 Å². The zero-order chi connectivity index (χ0) is 18.4. The van der Waals surface area contributed by atoms with Crippen LogP contribution in [0.5, 0.6) is 0 Å². The van der Waals surface area contributed by atoms with E-state index in [9.17, 15) is 4.79 Å². The van der Waals surface area contributed by atoms with Crippen molar-refractivity contribution in [1.82, 2.24) is 5.32 Å². The van der Waals surface area contributed by atoms with E-state index in [4.69, 9.17) is 16.3 Å². The molecule has 0 radical (unpaired) electrons. The summed E-state index contributed by atoms with van der Waals surface area (Å²) in [6.45, 7) is 4.01. The average molecular weight is 372 g/mol. The van der Waals surface area contributed by atoms with Crippen molar-refractivity contribution in [1.29, 1.82) is 0 Å². The molecule has 1 heterocycles. The van der Waals surface area contributed by atoms with E-state index < -0.39 is 5.41 Å². The number of nitrogens with one attached hydrogen (secondary N) is 1. The highest BCUT2D eigenvalue weighted by Gasteiger charge is 2.42. The minimum atomic E-state index is -0.591. The van der Waals surface area contributed by atoms with Crippen LogP contribution < -0.4 is 5.32 Å².